The van der Waals surface area contributed by atoms with E-state index < -0.39 is 48.3 Å². The molecule has 0 heterocycles. The molecule has 0 aromatic rings. The fourth-order valence-corrected chi connectivity index (χ4v) is 1.42. The first-order valence-corrected chi connectivity index (χ1v) is 6.05. The molecule has 0 unspecified atom stereocenters. The van der Waals surface area contributed by atoms with Gasteiger partial charge in [-0.2, -0.15) is 0 Å². The van der Waals surface area contributed by atoms with Crippen LogP contribution in [0.1, 0.15) is 12.8 Å². The number of aliphatic hydroxyl groups excluding tert-OH is 4. The highest BCUT2D eigenvalue weighted by molar-refractivity contribution is 5.86. The molecule has 0 fully saturated rings. The van der Waals surface area contributed by atoms with Crippen molar-refractivity contribution in [3.63, 3.8) is 0 Å². The summed E-state index contributed by atoms with van der Waals surface area (Å²) in [7, 11) is 0. The predicted molar refractivity (Wildman–Crippen MR) is 66.5 cm³/mol. The molecule has 0 rings (SSSR count). The molecule has 0 aliphatic heterocycles. The van der Waals surface area contributed by atoms with Gasteiger partial charge >= 0.3 is 11.9 Å². The average Bonchev–Trinajstić information content (AvgIpc) is 2.47. The van der Waals surface area contributed by atoms with Crippen LogP contribution in [0, 0.1) is 0 Å². The maximum atomic E-state index is 11.5. The molecule has 1 amide bonds. The fourth-order valence-electron chi connectivity index (χ4n) is 1.42. The zero-order valence-electron chi connectivity index (χ0n) is 11.2. The Labute approximate surface area is 123 Å². The van der Waals surface area contributed by atoms with Crippen LogP contribution >= 0.6 is 0 Å². The molecule has 11 heteroatoms. The molecule has 0 spiro atoms. The van der Waals surface area contributed by atoms with Crippen LogP contribution in [0.25, 0.3) is 0 Å². The molecule has 0 radical (unpaired) electrons. The van der Waals surface area contributed by atoms with Crippen LogP contribution in [0.3, 0.4) is 0 Å². The molecule has 11 nitrogen and oxygen atoms in total. The zero-order chi connectivity index (χ0) is 17.4. The Bertz CT molecular complexity index is 425. The Morgan fingerprint density at radius 3 is 1.82 bits per heavy atom. The van der Waals surface area contributed by atoms with Gasteiger partial charge in [0.15, 0.2) is 12.2 Å². The predicted octanol–water partition coefficient (Wildman–Crippen LogP) is -3.94. The Hall–Kier alpha value is -2.08. The molecule has 0 aliphatic rings. The summed E-state index contributed by atoms with van der Waals surface area (Å²) in [5.41, 5.74) is 0. The van der Waals surface area contributed by atoms with E-state index in [0.29, 0.717) is 6.29 Å². The van der Waals surface area contributed by atoms with Gasteiger partial charge in [0.05, 0.1) is 0 Å². The number of carboxylic acids is 2. The number of nitrogens with one attached hydrogen (secondary N) is 1. The summed E-state index contributed by atoms with van der Waals surface area (Å²) in [6.07, 6.45) is -9.63. The molecule has 22 heavy (non-hydrogen) atoms. The highest BCUT2D eigenvalue weighted by atomic mass is 16.4. The summed E-state index contributed by atoms with van der Waals surface area (Å²) in [5, 5.41) is 56.2. The van der Waals surface area contributed by atoms with Crippen LogP contribution in [-0.4, -0.2) is 85.2 Å². The molecule has 0 bridgehead atoms. The van der Waals surface area contributed by atoms with Crippen molar-refractivity contribution >= 4 is 24.1 Å². The lowest BCUT2D eigenvalue weighted by Crippen LogP contribution is -2.55. The molecule has 0 saturated heterocycles. The van der Waals surface area contributed by atoms with E-state index in [0.717, 1.165) is 0 Å². The highest BCUT2D eigenvalue weighted by Crippen LogP contribution is 2.07. The van der Waals surface area contributed by atoms with Gasteiger partial charge in [0.25, 0.3) is 5.91 Å². The van der Waals surface area contributed by atoms with Gasteiger partial charge in [0, 0.05) is 6.42 Å². The normalized spacial score (nSPS) is 17.6. The second-order valence-corrected chi connectivity index (χ2v) is 4.35. The quantitative estimate of drug-likeness (QED) is 0.194. The molecule has 126 valence electrons. The van der Waals surface area contributed by atoms with Crippen LogP contribution < -0.4 is 5.32 Å². The Balaban J connectivity index is 4.78. The van der Waals surface area contributed by atoms with Gasteiger partial charge in [0.2, 0.25) is 0 Å². The molecule has 0 saturated carbocycles. The summed E-state index contributed by atoms with van der Waals surface area (Å²) in [6, 6.07) is -1.53. The highest BCUT2D eigenvalue weighted by Gasteiger charge is 2.38. The minimum Gasteiger partial charge on any atom is -0.480 e. The number of aldehydes is 1. The summed E-state index contributed by atoms with van der Waals surface area (Å²) in [6.45, 7) is 0. The Kier molecular flexibility index (Phi) is 8.19. The van der Waals surface area contributed by atoms with E-state index >= 15 is 0 Å². The third-order valence-corrected chi connectivity index (χ3v) is 2.71. The van der Waals surface area contributed by atoms with Crippen molar-refractivity contribution in [3.8, 4) is 0 Å². The number of hydrogen-bond donors (Lipinski definition) is 7. The number of carbonyl (C=O) groups is 4. The summed E-state index contributed by atoms with van der Waals surface area (Å²) in [5.74, 6) is -4.81. The van der Waals surface area contributed by atoms with E-state index in [1.54, 1.807) is 0 Å². The molecule has 7 N–H and O–H groups in total. The van der Waals surface area contributed by atoms with Crippen molar-refractivity contribution in [2.75, 3.05) is 0 Å². The van der Waals surface area contributed by atoms with Crippen molar-refractivity contribution in [1.29, 1.82) is 0 Å². The standard InChI is InChI=1S/C11H17NO10/c13-3-1-2-4(10(19)20)12-9(18)7(16)5(14)6(15)8(17)11(21)22/h3-8,14-17H,1-2H2,(H,12,18)(H,19,20)(H,21,22)/t4-,5+,6-,7-,8+/m0/s1. The number of aliphatic carboxylic acids is 2. The lowest BCUT2D eigenvalue weighted by molar-refractivity contribution is -0.166. The summed E-state index contributed by atoms with van der Waals surface area (Å²) < 4.78 is 0. The monoisotopic (exact) mass is 323 g/mol. The number of amides is 1. The second kappa shape index (κ2) is 9.04. The Morgan fingerprint density at radius 2 is 1.41 bits per heavy atom. The van der Waals surface area contributed by atoms with E-state index in [2.05, 4.69) is 0 Å². The number of carboxylic acid groups (broad SMARTS) is 2. The van der Waals surface area contributed by atoms with Gasteiger partial charge in [-0.25, -0.2) is 9.59 Å². The van der Waals surface area contributed by atoms with Gasteiger partial charge in [-0.3, -0.25) is 4.79 Å². The van der Waals surface area contributed by atoms with Gasteiger partial charge < -0.3 is 40.8 Å². The van der Waals surface area contributed by atoms with Crippen molar-refractivity contribution in [2.24, 2.45) is 0 Å². The average molecular weight is 323 g/mol. The minimum absolute atomic E-state index is 0.184. The van der Waals surface area contributed by atoms with E-state index in [1.165, 1.54) is 0 Å². The molecule has 0 aromatic carbocycles. The molecule has 5 atom stereocenters. The third kappa shape index (κ3) is 5.73. The maximum absolute atomic E-state index is 11.5. The topological polar surface area (TPSA) is 202 Å². The van der Waals surface area contributed by atoms with Crippen LogP contribution in [0.15, 0.2) is 0 Å². The van der Waals surface area contributed by atoms with E-state index in [4.69, 9.17) is 15.3 Å². The number of aliphatic hydroxyl groups is 4. The first kappa shape index (κ1) is 19.9. The maximum Gasteiger partial charge on any atom is 0.335 e. The SMILES string of the molecule is O=CCC[C@H](NC(=O)[C@@H](O)[C@H](O)[C@H](O)[C@@H](O)C(=O)O)C(=O)O. The van der Waals surface area contributed by atoms with E-state index in [1.807, 2.05) is 5.32 Å². The van der Waals surface area contributed by atoms with Crippen molar-refractivity contribution in [3.05, 3.63) is 0 Å². The zero-order valence-corrected chi connectivity index (χ0v) is 11.2. The first-order valence-electron chi connectivity index (χ1n) is 6.05. The Morgan fingerprint density at radius 1 is 0.909 bits per heavy atom. The summed E-state index contributed by atoms with van der Waals surface area (Å²) in [4.78, 5) is 43.0. The largest absolute Gasteiger partial charge is 0.480 e. The molecule has 0 aliphatic carbocycles. The van der Waals surface area contributed by atoms with Crippen molar-refractivity contribution in [2.45, 2.75) is 43.3 Å². The third-order valence-electron chi connectivity index (χ3n) is 2.71. The minimum atomic E-state index is -2.46. The lowest BCUT2D eigenvalue weighted by atomic mass is 10.0. The van der Waals surface area contributed by atoms with Crippen LogP contribution in [0.4, 0.5) is 0 Å². The number of carbonyl (C=O) groups excluding carboxylic acids is 2. The molecular formula is C11H17NO10. The van der Waals surface area contributed by atoms with E-state index in [9.17, 15) is 34.5 Å². The van der Waals surface area contributed by atoms with Crippen LogP contribution in [0.5, 0.6) is 0 Å². The number of rotatable bonds is 10. The van der Waals surface area contributed by atoms with Gasteiger partial charge in [-0.05, 0) is 6.42 Å². The van der Waals surface area contributed by atoms with Crippen molar-refractivity contribution in [1.82, 2.24) is 5.32 Å². The van der Waals surface area contributed by atoms with Gasteiger partial charge in [-0.1, -0.05) is 0 Å². The van der Waals surface area contributed by atoms with Crippen molar-refractivity contribution < 1.29 is 49.8 Å². The molecule has 0 aromatic heterocycles. The van der Waals surface area contributed by atoms with E-state index in [-0.39, 0.29) is 12.8 Å². The fraction of sp³-hybridized carbons (Fsp3) is 0.636. The summed E-state index contributed by atoms with van der Waals surface area (Å²) >= 11 is 0. The van der Waals surface area contributed by atoms with Gasteiger partial charge in [-0.15, -0.1) is 0 Å². The van der Waals surface area contributed by atoms with Gasteiger partial charge in [0.1, 0.15) is 24.5 Å². The lowest BCUT2D eigenvalue weighted by Gasteiger charge is -2.25. The number of hydrogen-bond acceptors (Lipinski definition) is 8. The second-order valence-electron chi connectivity index (χ2n) is 4.35. The van der Waals surface area contributed by atoms with Crippen LogP contribution in [0.2, 0.25) is 0 Å². The van der Waals surface area contributed by atoms with Crippen LogP contribution in [-0.2, 0) is 19.2 Å². The smallest absolute Gasteiger partial charge is 0.335 e. The molecular weight excluding hydrogens is 306 g/mol. The first-order chi connectivity index (χ1) is 10.1.